The highest BCUT2D eigenvalue weighted by molar-refractivity contribution is 7.92. The van der Waals surface area contributed by atoms with E-state index >= 15 is 0 Å². The molecule has 0 spiro atoms. The van der Waals surface area contributed by atoms with Crippen LogP contribution >= 0.6 is 0 Å². The van der Waals surface area contributed by atoms with E-state index in [0.717, 1.165) is 17.4 Å². The zero-order valence-corrected chi connectivity index (χ0v) is 18.1. The van der Waals surface area contributed by atoms with Gasteiger partial charge in [-0.25, -0.2) is 8.42 Å². The van der Waals surface area contributed by atoms with E-state index in [2.05, 4.69) is 0 Å². The summed E-state index contributed by atoms with van der Waals surface area (Å²) in [5.74, 6) is 0. The molecule has 154 valence electrons. The van der Waals surface area contributed by atoms with Crippen molar-refractivity contribution in [1.82, 2.24) is 0 Å². The van der Waals surface area contributed by atoms with Crippen LogP contribution in [0.15, 0.2) is 24.3 Å². The molecular formula is C21H31BO5S. The molecule has 2 unspecified atom stereocenters. The fourth-order valence-electron chi connectivity index (χ4n) is 4.89. The van der Waals surface area contributed by atoms with Gasteiger partial charge in [0.2, 0.25) is 0 Å². The van der Waals surface area contributed by atoms with Gasteiger partial charge in [0, 0.05) is 6.42 Å². The molecular weight excluding hydrogens is 375 g/mol. The predicted molar refractivity (Wildman–Crippen MR) is 110 cm³/mol. The normalized spacial score (nSPS) is 35.7. The van der Waals surface area contributed by atoms with Crippen LogP contribution in [0.1, 0.15) is 65.4 Å². The van der Waals surface area contributed by atoms with E-state index in [1.54, 1.807) is 0 Å². The lowest BCUT2D eigenvalue weighted by Gasteiger charge is -2.44. The van der Waals surface area contributed by atoms with Crippen LogP contribution < -0.4 is 5.46 Å². The number of benzene rings is 1. The minimum atomic E-state index is -3.08. The quantitative estimate of drug-likeness (QED) is 0.781. The Labute approximate surface area is 168 Å². The minimum Gasteiger partial charge on any atom is -0.399 e. The summed E-state index contributed by atoms with van der Waals surface area (Å²) in [5, 5.41) is 10.5. The van der Waals surface area contributed by atoms with Crippen LogP contribution in [0.3, 0.4) is 0 Å². The third-order valence-corrected chi connectivity index (χ3v) is 9.87. The molecule has 3 aliphatic heterocycles. The summed E-state index contributed by atoms with van der Waals surface area (Å²) in [5.41, 5.74) is 0.160. The molecule has 2 atom stereocenters. The van der Waals surface area contributed by atoms with Gasteiger partial charge in [0.05, 0.1) is 27.3 Å². The van der Waals surface area contributed by atoms with Gasteiger partial charge in [0.25, 0.3) is 0 Å². The third kappa shape index (κ3) is 3.44. The van der Waals surface area contributed by atoms with Crippen LogP contribution in [-0.2, 0) is 25.6 Å². The maximum atomic E-state index is 12.5. The third-order valence-electron chi connectivity index (χ3n) is 7.21. The van der Waals surface area contributed by atoms with Gasteiger partial charge < -0.3 is 14.4 Å². The molecule has 2 bridgehead atoms. The van der Waals surface area contributed by atoms with E-state index in [4.69, 9.17) is 9.31 Å². The molecule has 0 radical (unpaired) electrons. The average molecular weight is 406 g/mol. The second-order valence-corrected chi connectivity index (χ2v) is 12.4. The summed E-state index contributed by atoms with van der Waals surface area (Å²) >= 11 is 0. The lowest BCUT2D eigenvalue weighted by Crippen LogP contribution is -2.52. The van der Waals surface area contributed by atoms with Crippen LogP contribution in [0, 0.1) is 0 Å². The maximum Gasteiger partial charge on any atom is 0.494 e. The average Bonchev–Trinajstić information content (AvgIpc) is 2.78. The van der Waals surface area contributed by atoms with Gasteiger partial charge in [0.1, 0.15) is 0 Å². The molecule has 4 rings (SSSR count). The Morgan fingerprint density at radius 1 is 1.07 bits per heavy atom. The SMILES string of the molecule is CC1(C)OB(c2cccc(CC3(O)CC4CCCC(C3)S4(=O)=O)c2)OC1(C)C. The van der Waals surface area contributed by atoms with Crippen molar-refractivity contribution < 1.29 is 22.8 Å². The van der Waals surface area contributed by atoms with Gasteiger partial charge in [-0.2, -0.15) is 0 Å². The van der Waals surface area contributed by atoms with Crippen molar-refractivity contribution in [2.45, 2.75) is 93.5 Å². The molecule has 1 aromatic rings. The smallest absolute Gasteiger partial charge is 0.399 e. The molecule has 1 N–H and O–H groups in total. The molecule has 0 saturated carbocycles. The molecule has 1 aromatic carbocycles. The van der Waals surface area contributed by atoms with Crippen molar-refractivity contribution in [3.8, 4) is 0 Å². The monoisotopic (exact) mass is 406 g/mol. The number of rotatable bonds is 3. The van der Waals surface area contributed by atoms with E-state index in [0.29, 0.717) is 32.1 Å². The Morgan fingerprint density at radius 2 is 1.64 bits per heavy atom. The molecule has 3 heterocycles. The summed E-state index contributed by atoms with van der Waals surface area (Å²) in [4.78, 5) is 0. The summed E-state index contributed by atoms with van der Waals surface area (Å²) in [7, 11) is -3.52. The van der Waals surface area contributed by atoms with Crippen molar-refractivity contribution in [1.29, 1.82) is 0 Å². The Kier molecular flexibility index (Phi) is 4.78. The Balaban J connectivity index is 1.53. The van der Waals surface area contributed by atoms with Crippen molar-refractivity contribution in [2.75, 3.05) is 0 Å². The highest BCUT2D eigenvalue weighted by Gasteiger charge is 2.52. The molecule has 3 fully saturated rings. The van der Waals surface area contributed by atoms with Crippen molar-refractivity contribution in [2.24, 2.45) is 0 Å². The lowest BCUT2D eigenvalue weighted by molar-refractivity contribution is 0.00578. The highest BCUT2D eigenvalue weighted by Crippen LogP contribution is 2.43. The molecule has 28 heavy (non-hydrogen) atoms. The second-order valence-electron chi connectivity index (χ2n) is 9.91. The van der Waals surface area contributed by atoms with Crippen LogP contribution in [0.4, 0.5) is 0 Å². The second kappa shape index (κ2) is 6.56. The van der Waals surface area contributed by atoms with E-state index in [1.807, 2.05) is 52.0 Å². The largest absolute Gasteiger partial charge is 0.494 e. The number of hydrogen-bond donors (Lipinski definition) is 1. The Morgan fingerprint density at radius 3 is 2.21 bits per heavy atom. The van der Waals surface area contributed by atoms with E-state index in [-0.39, 0.29) is 0 Å². The van der Waals surface area contributed by atoms with E-state index < -0.39 is 44.3 Å². The molecule has 3 aliphatic rings. The Bertz CT molecular complexity index is 827. The topological polar surface area (TPSA) is 72.8 Å². The predicted octanol–water partition coefficient (Wildman–Crippen LogP) is 2.39. The standard InChI is InChI=1S/C21H31BO5S/c1-19(2)20(3,4)27-22(26-19)16-8-5-7-15(11-16)12-21(23)13-17-9-6-10-18(14-21)28(17,24)25/h5,7-8,11,17-18,23H,6,9-10,12-14H2,1-4H3. The highest BCUT2D eigenvalue weighted by atomic mass is 32.2. The first-order valence-electron chi connectivity index (χ1n) is 10.3. The number of hydrogen-bond acceptors (Lipinski definition) is 5. The fourth-order valence-corrected chi connectivity index (χ4v) is 7.51. The van der Waals surface area contributed by atoms with Crippen LogP contribution in [-0.4, -0.2) is 47.9 Å². The van der Waals surface area contributed by atoms with Crippen molar-refractivity contribution in [3.05, 3.63) is 29.8 Å². The van der Waals surface area contributed by atoms with E-state index in [1.165, 1.54) is 0 Å². The zero-order valence-electron chi connectivity index (χ0n) is 17.3. The van der Waals surface area contributed by atoms with Gasteiger partial charge >= 0.3 is 7.12 Å². The van der Waals surface area contributed by atoms with Gasteiger partial charge in [-0.05, 0) is 64.4 Å². The molecule has 0 aromatic heterocycles. The number of fused-ring (bicyclic) bond motifs is 2. The fraction of sp³-hybridized carbons (Fsp3) is 0.714. The summed E-state index contributed by atoms with van der Waals surface area (Å²) in [6, 6.07) is 7.96. The lowest BCUT2D eigenvalue weighted by atomic mass is 9.76. The molecule has 3 saturated heterocycles. The molecule has 0 amide bonds. The maximum absolute atomic E-state index is 12.5. The number of aliphatic hydroxyl groups is 1. The van der Waals surface area contributed by atoms with Crippen molar-refractivity contribution >= 4 is 22.4 Å². The van der Waals surface area contributed by atoms with Crippen LogP contribution in [0.2, 0.25) is 0 Å². The minimum absolute atomic E-state index is 0.340. The van der Waals surface area contributed by atoms with Gasteiger partial charge in [-0.15, -0.1) is 0 Å². The van der Waals surface area contributed by atoms with Crippen molar-refractivity contribution in [3.63, 3.8) is 0 Å². The zero-order chi connectivity index (χ0) is 20.4. The molecule has 7 heteroatoms. The van der Waals surface area contributed by atoms with Crippen LogP contribution in [0.25, 0.3) is 0 Å². The van der Waals surface area contributed by atoms with E-state index in [9.17, 15) is 13.5 Å². The van der Waals surface area contributed by atoms with Crippen LogP contribution in [0.5, 0.6) is 0 Å². The Hall–Kier alpha value is -0.885. The summed E-state index contributed by atoms with van der Waals surface area (Å²) < 4.78 is 37.4. The first kappa shape index (κ1) is 20.4. The first-order valence-corrected chi connectivity index (χ1v) is 11.9. The molecule has 5 nitrogen and oxygen atoms in total. The van der Waals surface area contributed by atoms with Gasteiger partial charge in [0.15, 0.2) is 9.84 Å². The van der Waals surface area contributed by atoms with Gasteiger partial charge in [-0.3, -0.25) is 0 Å². The van der Waals surface area contributed by atoms with Gasteiger partial charge in [-0.1, -0.05) is 30.7 Å². The summed E-state index contributed by atoms with van der Waals surface area (Å²) in [6.45, 7) is 8.11. The first-order chi connectivity index (χ1) is 12.9. The number of sulfone groups is 1. The molecule has 0 aliphatic carbocycles. The summed E-state index contributed by atoms with van der Waals surface area (Å²) in [6.07, 6.45) is 3.44.